The summed E-state index contributed by atoms with van der Waals surface area (Å²) in [6.45, 7) is 3.41. The second-order valence-electron chi connectivity index (χ2n) is 4.25. The van der Waals surface area contributed by atoms with Gasteiger partial charge in [-0.05, 0) is 20.5 Å². The third-order valence-corrected chi connectivity index (χ3v) is 2.94. The molecule has 14 heavy (non-hydrogen) atoms. The standard InChI is InChI=1S/C10H18N4/c1-13(2)10-3-4-14(8-10)7-9-5-11-12-6-9/h5-6,10H,3-4,7-8H2,1-2H3,(H,11,12). The first kappa shape index (κ1) is 9.68. The number of likely N-dealkylation sites (tertiary alicyclic amines) is 1. The summed E-state index contributed by atoms with van der Waals surface area (Å²) < 4.78 is 0. The predicted octanol–water partition coefficient (Wildman–Crippen LogP) is 0.546. The summed E-state index contributed by atoms with van der Waals surface area (Å²) in [4.78, 5) is 4.80. The number of H-pyrrole nitrogens is 1. The normalized spacial score (nSPS) is 23.5. The van der Waals surface area contributed by atoms with E-state index in [9.17, 15) is 0 Å². The van der Waals surface area contributed by atoms with Gasteiger partial charge in [0.2, 0.25) is 0 Å². The smallest absolute Gasteiger partial charge is 0.0532 e. The lowest BCUT2D eigenvalue weighted by Gasteiger charge is -2.19. The van der Waals surface area contributed by atoms with Crippen molar-refractivity contribution in [1.29, 1.82) is 0 Å². The summed E-state index contributed by atoms with van der Waals surface area (Å²) in [6.07, 6.45) is 5.16. The molecule has 1 aliphatic heterocycles. The van der Waals surface area contributed by atoms with Gasteiger partial charge in [-0.2, -0.15) is 5.10 Å². The molecule has 1 aromatic heterocycles. The first-order valence-corrected chi connectivity index (χ1v) is 5.12. The number of aromatic amines is 1. The Balaban J connectivity index is 1.84. The van der Waals surface area contributed by atoms with Crippen molar-refractivity contribution < 1.29 is 0 Å². The maximum Gasteiger partial charge on any atom is 0.0532 e. The van der Waals surface area contributed by atoms with Crippen LogP contribution in [0.2, 0.25) is 0 Å². The minimum Gasteiger partial charge on any atom is -0.305 e. The van der Waals surface area contributed by atoms with E-state index in [2.05, 4.69) is 34.1 Å². The van der Waals surface area contributed by atoms with Crippen LogP contribution in [0.5, 0.6) is 0 Å². The molecule has 0 saturated carbocycles. The van der Waals surface area contributed by atoms with Crippen molar-refractivity contribution in [1.82, 2.24) is 20.0 Å². The molecule has 1 unspecified atom stereocenters. The van der Waals surface area contributed by atoms with Crippen LogP contribution in [-0.4, -0.2) is 53.2 Å². The summed E-state index contributed by atoms with van der Waals surface area (Å²) in [5.74, 6) is 0. The SMILES string of the molecule is CN(C)C1CCN(Cc2cn[nH]c2)C1. The fourth-order valence-corrected chi connectivity index (χ4v) is 2.00. The Hall–Kier alpha value is -0.870. The first-order valence-electron chi connectivity index (χ1n) is 5.12. The lowest BCUT2D eigenvalue weighted by Crippen LogP contribution is -2.31. The van der Waals surface area contributed by atoms with Gasteiger partial charge in [0.15, 0.2) is 0 Å². The molecule has 2 heterocycles. The maximum absolute atomic E-state index is 3.96. The molecule has 4 nitrogen and oxygen atoms in total. The Bertz CT molecular complexity index is 268. The summed E-state index contributed by atoms with van der Waals surface area (Å²) in [6, 6.07) is 0.724. The topological polar surface area (TPSA) is 35.2 Å². The van der Waals surface area contributed by atoms with Crippen molar-refractivity contribution in [3.05, 3.63) is 18.0 Å². The zero-order valence-electron chi connectivity index (χ0n) is 8.90. The molecule has 1 aliphatic rings. The van der Waals surface area contributed by atoms with Crippen LogP contribution in [-0.2, 0) is 6.54 Å². The Morgan fingerprint density at radius 1 is 1.64 bits per heavy atom. The molecule has 78 valence electrons. The van der Waals surface area contributed by atoms with Gasteiger partial charge in [-0.3, -0.25) is 10.00 Å². The van der Waals surface area contributed by atoms with Gasteiger partial charge in [-0.25, -0.2) is 0 Å². The highest BCUT2D eigenvalue weighted by Gasteiger charge is 2.23. The van der Waals surface area contributed by atoms with E-state index in [0.717, 1.165) is 12.6 Å². The third-order valence-electron chi connectivity index (χ3n) is 2.94. The van der Waals surface area contributed by atoms with E-state index in [1.54, 1.807) is 0 Å². The molecule has 0 spiro atoms. The van der Waals surface area contributed by atoms with E-state index in [4.69, 9.17) is 0 Å². The summed E-state index contributed by atoms with van der Waals surface area (Å²) >= 11 is 0. The van der Waals surface area contributed by atoms with Crippen molar-refractivity contribution in [2.24, 2.45) is 0 Å². The van der Waals surface area contributed by atoms with Gasteiger partial charge in [-0.15, -0.1) is 0 Å². The second-order valence-corrected chi connectivity index (χ2v) is 4.25. The maximum atomic E-state index is 3.96. The van der Waals surface area contributed by atoms with Gasteiger partial charge < -0.3 is 4.90 Å². The zero-order chi connectivity index (χ0) is 9.97. The number of likely N-dealkylation sites (N-methyl/N-ethyl adjacent to an activating group) is 1. The van der Waals surface area contributed by atoms with Crippen molar-refractivity contribution in [3.8, 4) is 0 Å². The van der Waals surface area contributed by atoms with E-state index in [1.807, 2.05) is 12.4 Å². The molecule has 0 radical (unpaired) electrons. The number of nitrogens with zero attached hydrogens (tertiary/aromatic N) is 3. The van der Waals surface area contributed by atoms with Crippen molar-refractivity contribution in [2.45, 2.75) is 19.0 Å². The summed E-state index contributed by atoms with van der Waals surface area (Å²) in [7, 11) is 4.32. The van der Waals surface area contributed by atoms with Crippen molar-refractivity contribution >= 4 is 0 Å². The van der Waals surface area contributed by atoms with Gasteiger partial charge in [0, 0.05) is 37.4 Å². The molecular formula is C10H18N4. The molecule has 0 amide bonds. The molecule has 1 N–H and O–H groups in total. The Morgan fingerprint density at radius 2 is 2.50 bits per heavy atom. The van der Waals surface area contributed by atoms with E-state index in [0.29, 0.717) is 0 Å². The Kier molecular flexibility index (Phi) is 2.84. The quantitative estimate of drug-likeness (QED) is 0.763. The van der Waals surface area contributed by atoms with Gasteiger partial charge in [0.1, 0.15) is 0 Å². The molecule has 2 rings (SSSR count). The first-order chi connectivity index (χ1) is 6.75. The summed E-state index contributed by atoms with van der Waals surface area (Å²) in [5, 5.41) is 6.81. The molecular weight excluding hydrogens is 176 g/mol. The highest BCUT2D eigenvalue weighted by molar-refractivity contribution is 5.02. The van der Waals surface area contributed by atoms with E-state index < -0.39 is 0 Å². The monoisotopic (exact) mass is 194 g/mol. The zero-order valence-corrected chi connectivity index (χ0v) is 8.90. The van der Waals surface area contributed by atoms with Crippen LogP contribution < -0.4 is 0 Å². The lowest BCUT2D eigenvalue weighted by atomic mass is 10.2. The van der Waals surface area contributed by atoms with Crippen LogP contribution in [0.4, 0.5) is 0 Å². The van der Waals surface area contributed by atoms with Crippen LogP contribution in [0, 0.1) is 0 Å². The Morgan fingerprint density at radius 3 is 3.07 bits per heavy atom. The van der Waals surface area contributed by atoms with Gasteiger partial charge in [0.25, 0.3) is 0 Å². The molecule has 1 atom stereocenters. The molecule has 1 saturated heterocycles. The lowest BCUT2D eigenvalue weighted by molar-refractivity contribution is 0.264. The number of nitrogens with one attached hydrogen (secondary N) is 1. The van der Waals surface area contributed by atoms with Crippen LogP contribution >= 0.6 is 0 Å². The third kappa shape index (κ3) is 2.13. The largest absolute Gasteiger partial charge is 0.305 e. The molecule has 0 bridgehead atoms. The average Bonchev–Trinajstić information content (AvgIpc) is 2.75. The molecule has 1 aromatic rings. The van der Waals surface area contributed by atoms with Crippen LogP contribution in [0.3, 0.4) is 0 Å². The number of hydrogen-bond acceptors (Lipinski definition) is 3. The van der Waals surface area contributed by atoms with E-state index in [1.165, 1.54) is 25.1 Å². The molecule has 0 aromatic carbocycles. The fraction of sp³-hybridized carbons (Fsp3) is 0.700. The van der Waals surface area contributed by atoms with Gasteiger partial charge in [0.05, 0.1) is 6.20 Å². The number of aromatic nitrogens is 2. The molecule has 4 heteroatoms. The minimum absolute atomic E-state index is 0.724. The fourth-order valence-electron chi connectivity index (χ4n) is 2.00. The average molecular weight is 194 g/mol. The van der Waals surface area contributed by atoms with Crippen LogP contribution in [0.15, 0.2) is 12.4 Å². The van der Waals surface area contributed by atoms with Crippen molar-refractivity contribution in [2.75, 3.05) is 27.2 Å². The number of rotatable bonds is 3. The Labute approximate surface area is 84.9 Å². The summed E-state index contributed by atoms with van der Waals surface area (Å²) in [5.41, 5.74) is 1.28. The van der Waals surface area contributed by atoms with Crippen LogP contribution in [0.1, 0.15) is 12.0 Å². The minimum atomic E-state index is 0.724. The van der Waals surface area contributed by atoms with Crippen LogP contribution in [0.25, 0.3) is 0 Å². The second kappa shape index (κ2) is 4.11. The van der Waals surface area contributed by atoms with E-state index in [-0.39, 0.29) is 0 Å². The van der Waals surface area contributed by atoms with Gasteiger partial charge >= 0.3 is 0 Å². The van der Waals surface area contributed by atoms with Crippen molar-refractivity contribution in [3.63, 3.8) is 0 Å². The molecule has 0 aliphatic carbocycles. The number of hydrogen-bond donors (Lipinski definition) is 1. The molecule has 1 fully saturated rings. The van der Waals surface area contributed by atoms with Gasteiger partial charge in [-0.1, -0.05) is 0 Å². The van der Waals surface area contributed by atoms with E-state index >= 15 is 0 Å². The highest BCUT2D eigenvalue weighted by atomic mass is 15.2. The predicted molar refractivity (Wildman–Crippen MR) is 56.0 cm³/mol. The highest BCUT2D eigenvalue weighted by Crippen LogP contribution is 2.15.